The predicted octanol–water partition coefficient (Wildman–Crippen LogP) is 2.81. The van der Waals surface area contributed by atoms with Crippen LogP contribution in [0, 0.1) is 0 Å². The second-order valence-corrected chi connectivity index (χ2v) is 4.63. The molecule has 0 N–H and O–H groups in total. The molecule has 3 rings (SSSR count). The summed E-state index contributed by atoms with van der Waals surface area (Å²) >= 11 is 0. The lowest BCUT2D eigenvalue weighted by Crippen LogP contribution is -2.07. The summed E-state index contributed by atoms with van der Waals surface area (Å²) < 4.78 is 6.55. The van der Waals surface area contributed by atoms with Crippen LogP contribution >= 0.6 is 0 Å². The first-order chi connectivity index (χ1) is 10.2. The molecule has 0 fully saturated rings. The van der Waals surface area contributed by atoms with E-state index < -0.39 is 5.97 Å². The summed E-state index contributed by atoms with van der Waals surface area (Å²) in [7, 11) is 1.77. The van der Waals surface area contributed by atoms with Crippen molar-refractivity contribution in [2.45, 2.75) is 6.92 Å². The van der Waals surface area contributed by atoms with Gasteiger partial charge >= 0.3 is 5.97 Å². The molecular weight excluding hydrogens is 266 g/mol. The third-order valence-electron chi connectivity index (χ3n) is 3.25. The van der Waals surface area contributed by atoms with E-state index in [9.17, 15) is 4.79 Å². The van der Waals surface area contributed by atoms with Crippen LogP contribution in [-0.4, -0.2) is 27.3 Å². The standard InChI is InChI=1S/C16H15N3O2/c1-3-21-16(20)14-17-15(19(2)18-14)13-10-6-8-11-7-4-5-9-12(11)13/h4-10H,3H2,1-2H3. The molecule has 3 aromatic rings. The maximum Gasteiger partial charge on any atom is 0.378 e. The van der Waals surface area contributed by atoms with Crippen LogP contribution in [0.2, 0.25) is 0 Å². The highest BCUT2D eigenvalue weighted by Crippen LogP contribution is 2.26. The van der Waals surface area contributed by atoms with Gasteiger partial charge in [0, 0.05) is 12.6 Å². The van der Waals surface area contributed by atoms with Gasteiger partial charge in [-0.1, -0.05) is 42.5 Å². The predicted molar refractivity (Wildman–Crippen MR) is 79.9 cm³/mol. The summed E-state index contributed by atoms with van der Waals surface area (Å²) in [6.45, 7) is 2.06. The van der Waals surface area contributed by atoms with Crippen molar-refractivity contribution in [2.75, 3.05) is 6.61 Å². The zero-order chi connectivity index (χ0) is 14.8. The molecule has 0 aliphatic carbocycles. The van der Waals surface area contributed by atoms with Crippen molar-refractivity contribution in [1.29, 1.82) is 0 Å². The smallest absolute Gasteiger partial charge is 0.378 e. The molecule has 5 heteroatoms. The van der Waals surface area contributed by atoms with E-state index in [0.717, 1.165) is 16.3 Å². The molecule has 1 aromatic heterocycles. The summed E-state index contributed by atoms with van der Waals surface area (Å²) in [5.74, 6) is 0.233. The minimum absolute atomic E-state index is 0.0854. The molecule has 1 heterocycles. The Morgan fingerprint density at radius 1 is 1.19 bits per heavy atom. The van der Waals surface area contributed by atoms with Gasteiger partial charge in [-0.15, -0.1) is 5.10 Å². The minimum atomic E-state index is -0.500. The van der Waals surface area contributed by atoms with Gasteiger partial charge in [0.05, 0.1) is 6.61 Å². The first-order valence-electron chi connectivity index (χ1n) is 6.77. The fourth-order valence-electron chi connectivity index (χ4n) is 2.32. The van der Waals surface area contributed by atoms with Crippen molar-refractivity contribution in [3.63, 3.8) is 0 Å². The SMILES string of the molecule is CCOC(=O)c1nc(-c2cccc3ccccc23)n(C)n1. The molecule has 0 aliphatic rings. The third kappa shape index (κ3) is 2.38. The Balaban J connectivity index is 2.13. The van der Waals surface area contributed by atoms with Crippen LogP contribution in [-0.2, 0) is 11.8 Å². The molecule has 0 aliphatic heterocycles. The molecule has 0 unspecified atom stereocenters. The average molecular weight is 281 g/mol. The second kappa shape index (κ2) is 5.36. The van der Waals surface area contributed by atoms with E-state index in [1.54, 1.807) is 18.7 Å². The number of hydrogen-bond donors (Lipinski definition) is 0. The summed E-state index contributed by atoms with van der Waals surface area (Å²) in [5, 5.41) is 6.34. The highest BCUT2D eigenvalue weighted by Gasteiger charge is 2.17. The monoisotopic (exact) mass is 281 g/mol. The highest BCUT2D eigenvalue weighted by atomic mass is 16.5. The van der Waals surface area contributed by atoms with Crippen LogP contribution in [0.5, 0.6) is 0 Å². The third-order valence-corrected chi connectivity index (χ3v) is 3.25. The number of rotatable bonds is 3. The van der Waals surface area contributed by atoms with Crippen LogP contribution in [0.15, 0.2) is 42.5 Å². The number of esters is 1. The molecule has 0 saturated carbocycles. The molecule has 106 valence electrons. The van der Waals surface area contributed by atoms with Gasteiger partial charge in [-0.2, -0.15) is 0 Å². The zero-order valence-corrected chi connectivity index (χ0v) is 11.9. The molecule has 0 atom stereocenters. The van der Waals surface area contributed by atoms with E-state index in [2.05, 4.69) is 10.1 Å². The Kier molecular flexibility index (Phi) is 3.39. The topological polar surface area (TPSA) is 57.0 Å². The number of aryl methyl sites for hydroxylation is 1. The van der Waals surface area contributed by atoms with Gasteiger partial charge in [0.25, 0.3) is 5.82 Å². The van der Waals surface area contributed by atoms with E-state index in [1.165, 1.54) is 0 Å². The lowest BCUT2D eigenvalue weighted by molar-refractivity contribution is 0.0512. The number of carbonyl (C=O) groups is 1. The molecule has 0 amide bonds. The Morgan fingerprint density at radius 2 is 1.95 bits per heavy atom. The number of fused-ring (bicyclic) bond motifs is 1. The average Bonchev–Trinajstić information content (AvgIpc) is 2.89. The summed E-state index contributed by atoms with van der Waals surface area (Å²) in [6, 6.07) is 14.0. The number of aromatic nitrogens is 3. The Morgan fingerprint density at radius 3 is 2.76 bits per heavy atom. The van der Waals surface area contributed by atoms with Gasteiger partial charge in [-0.25, -0.2) is 14.5 Å². The fourth-order valence-corrected chi connectivity index (χ4v) is 2.32. The van der Waals surface area contributed by atoms with E-state index >= 15 is 0 Å². The maximum atomic E-state index is 11.7. The van der Waals surface area contributed by atoms with E-state index in [4.69, 9.17) is 4.74 Å². The highest BCUT2D eigenvalue weighted by molar-refractivity contribution is 5.95. The van der Waals surface area contributed by atoms with Gasteiger partial charge in [0.15, 0.2) is 5.82 Å². The molecule has 21 heavy (non-hydrogen) atoms. The number of nitrogens with zero attached hydrogens (tertiary/aromatic N) is 3. The van der Waals surface area contributed by atoms with Crippen LogP contribution in [0.4, 0.5) is 0 Å². The van der Waals surface area contributed by atoms with Crippen LogP contribution in [0.3, 0.4) is 0 Å². The minimum Gasteiger partial charge on any atom is -0.460 e. The molecule has 0 radical (unpaired) electrons. The normalized spacial score (nSPS) is 10.8. The van der Waals surface area contributed by atoms with Gasteiger partial charge in [0.1, 0.15) is 0 Å². The van der Waals surface area contributed by atoms with E-state index in [1.807, 2.05) is 42.5 Å². The fraction of sp³-hybridized carbons (Fsp3) is 0.188. The molecule has 0 saturated heterocycles. The molecule has 5 nitrogen and oxygen atoms in total. The first-order valence-corrected chi connectivity index (χ1v) is 6.77. The summed E-state index contributed by atoms with van der Waals surface area (Å²) in [4.78, 5) is 16.1. The van der Waals surface area contributed by atoms with Crippen molar-refractivity contribution in [3.8, 4) is 11.4 Å². The zero-order valence-electron chi connectivity index (χ0n) is 11.9. The lowest BCUT2D eigenvalue weighted by atomic mass is 10.0. The number of ether oxygens (including phenoxy) is 1. The Bertz CT molecular complexity index is 803. The number of hydrogen-bond acceptors (Lipinski definition) is 4. The molecule has 2 aromatic carbocycles. The van der Waals surface area contributed by atoms with E-state index in [-0.39, 0.29) is 5.82 Å². The van der Waals surface area contributed by atoms with Crippen molar-refractivity contribution in [2.24, 2.45) is 7.05 Å². The van der Waals surface area contributed by atoms with Gasteiger partial charge in [-0.3, -0.25) is 0 Å². The molecule has 0 bridgehead atoms. The number of carbonyl (C=O) groups excluding carboxylic acids is 1. The summed E-state index contributed by atoms with van der Waals surface area (Å²) in [6.07, 6.45) is 0. The number of benzene rings is 2. The van der Waals surface area contributed by atoms with E-state index in [0.29, 0.717) is 12.4 Å². The molecule has 0 spiro atoms. The van der Waals surface area contributed by atoms with Gasteiger partial charge < -0.3 is 4.74 Å². The Labute approximate surface area is 122 Å². The van der Waals surface area contributed by atoms with Crippen molar-refractivity contribution >= 4 is 16.7 Å². The van der Waals surface area contributed by atoms with Crippen molar-refractivity contribution < 1.29 is 9.53 Å². The van der Waals surface area contributed by atoms with Crippen LogP contribution in [0.1, 0.15) is 17.5 Å². The summed E-state index contributed by atoms with van der Waals surface area (Å²) in [5.41, 5.74) is 0.943. The van der Waals surface area contributed by atoms with Crippen LogP contribution < -0.4 is 0 Å². The molecular formula is C16H15N3O2. The first kappa shape index (κ1) is 13.3. The second-order valence-electron chi connectivity index (χ2n) is 4.63. The Hall–Kier alpha value is -2.69. The maximum absolute atomic E-state index is 11.7. The van der Waals surface area contributed by atoms with Crippen molar-refractivity contribution in [3.05, 3.63) is 48.3 Å². The van der Waals surface area contributed by atoms with Crippen LogP contribution in [0.25, 0.3) is 22.2 Å². The quantitative estimate of drug-likeness (QED) is 0.693. The lowest BCUT2D eigenvalue weighted by Gasteiger charge is -2.05. The largest absolute Gasteiger partial charge is 0.460 e. The van der Waals surface area contributed by atoms with Gasteiger partial charge in [0.2, 0.25) is 0 Å². The van der Waals surface area contributed by atoms with Gasteiger partial charge in [-0.05, 0) is 17.7 Å². The van der Waals surface area contributed by atoms with Crippen molar-refractivity contribution in [1.82, 2.24) is 14.8 Å².